The van der Waals surface area contributed by atoms with E-state index < -0.39 is 0 Å². The summed E-state index contributed by atoms with van der Waals surface area (Å²) < 4.78 is 0. The second-order valence-corrected chi connectivity index (χ2v) is 3.13. The van der Waals surface area contributed by atoms with Crippen molar-refractivity contribution >= 4 is 0 Å². The van der Waals surface area contributed by atoms with Gasteiger partial charge in [-0.15, -0.1) is 0 Å². The standard InChI is InChI=1S/C9H18N/c1-2-3-4-6-9-7-5-8-10-9/h5,9-10H,2-4,6-8H2,1H3. The van der Waals surface area contributed by atoms with Gasteiger partial charge in [0.1, 0.15) is 0 Å². The summed E-state index contributed by atoms with van der Waals surface area (Å²) in [6.45, 7) is 3.39. The first-order valence-corrected chi connectivity index (χ1v) is 4.48. The number of rotatable bonds is 4. The lowest BCUT2D eigenvalue weighted by Gasteiger charge is -2.07. The summed E-state index contributed by atoms with van der Waals surface area (Å²) in [6, 6.07) is 0.812. The van der Waals surface area contributed by atoms with E-state index in [1.54, 1.807) is 0 Å². The van der Waals surface area contributed by atoms with E-state index in [2.05, 4.69) is 18.7 Å². The molecule has 1 radical (unpaired) electrons. The Morgan fingerprint density at radius 2 is 2.40 bits per heavy atom. The largest absolute Gasteiger partial charge is 0.314 e. The van der Waals surface area contributed by atoms with Crippen LogP contribution < -0.4 is 5.32 Å². The fourth-order valence-electron chi connectivity index (χ4n) is 1.48. The van der Waals surface area contributed by atoms with E-state index in [0.717, 1.165) is 12.6 Å². The molecule has 1 atom stereocenters. The molecule has 0 aromatic rings. The predicted octanol–water partition coefficient (Wildman–Crippen LogP) is 2.13. The first-order valence-electron chi connectivity index (χ1n) is 4.48. The lowest BCUT2D eigenvalue weighted by molar-refractivity contribution is 0.522. The topological polar surface area (TPSA) is 12.0 Å². The van der Waals surface area contributed by atoms with Crippen LogP contribution in [0, 0.1) is 6.42 Å². The van der Waals surface area contributed by atoms with E-state index in [-0.39, 0.29) is 0 Å². The minimum absolute atomic E-state index is 0.812. The van der Waals surface area contributed by atoms with Crippen LogP contribution in [0.2, 0.25) is 0 Å². The number of unbranched alkanes of at least 4 members (excludes halogenated alkanes) is 2. The number of nitrogens with one attached hydrogen (secondary N) is 1. The van der Waals surface area contributed by atoms with Crippen molar-refractivity contribution in [2.75, 3.05) is 6.54 Å². The van der Waals surface area contributed by atoms with Gasteiger partial charge >= 0.3 is 0 Å². The molecule has 0 aromatic heterocycles. The van der Waals surface area contributed by atoms with E-state index in [9.17, 15) is 0 Å². The zero-order chi connectivity index (χ0) is 7.23. The van der Waals surface area contributed by atoms with Crippen molar-refractivity contribution in [3.63, 3.8) is 0 Å². The Morgan fingerprint density at radius 1 is 1.50 bits per heavy atom. The fraction of sp³-hybridized carbons (Fsp3) is 0.889. The van der Waals surface area contributed by atoms with Crippen LogP contribution in [0.25, 0.3) is 0 Å². The van der Waals surface area contributed by atoms with Gasteiger partial charge in [0.2, 0.25) is 0 Å². The van der Waals surface area contributed by atoms with Crippen LogP contribution in [0.4, 0.5) is 0 Å². The molecule has 1 saturated heterocycles. The van der Waals surface area contributed by atoms with Crippen LogP contribution in [0.5, 0.6) is 0 Å². The summed E-state index contributed by atoms with van der Waals surface area (Å²) in [5.74, 6) is 0. The van der Waals surface area contributed by atoms with Crippen molar-refractivity contribution < 1.29 is 0 Å². The molecule has 1 heterocycles. The van der Waals surface area contributed by atoms with Crippen molar-refractivity contribution in [2.24, 2.45) is 0 Å². The highest BCUT2D eigenvalue weighted by atomic mass is 14.9. The lowest BCUT2D eigenvalue weighted by Crippen LogP contribution is -2.20. The molecule has 1 unspecified atom stereocenters. The summed E-state index contributed by atoms with van der Waals surface area (Å²) in [5, 5.41) is 3.46. The Kier molecular flexibility index (Phi) is 3.81. The second kappa shape index (κ2) is 4.73. The quantitative estimate of drug-likeness (QED) is 0.590. The molecule has 0 spiro atoms. The predicted molar refractivity (Wildman–Crippen MR) is 44.8 cm³/mol. The fourth-order valence-corrected chi connectivity index (χ4v) is 1.48. The molecule has 0 saturated carbocycles. The molecule has 59 valence electrons. The SMILES string of the molecule is CCCCCC1C[CH]CN1. The number of hydrogen-bond acceptors (Lipinski definition) is 1. The summed E-state index contributed by atoms with van der Waals surface area (Å²) in [7, 11) is 0. The molecule has 10 heavy (non-hydrogen) atoms. The van der Waals surface area contributed by atoms with E-state index in [0.29, 0.717) is 0 Å². The van der Waals surface area contributed by atoms with E-state index in [4.69, 9.17) is 0 Å². The summed E-state index contributed by atoms with van der Waals surface area (Å²) in [4.78, 5) is 0. The molecule has 1 aliphatic rings. The van der Waals surface area contributed by atoms with Gasteiger partial charge in [0.25, 0.3) is 0 Å². The Morgan fingerprint density at radius 3 is 3.00 bits per heavy atom. The van der Waals surface area contributed by atoms with E-state index in [1.165, 1.54) is 32.1 Å². The zero-order valence-corrected chi connectivity index (χ0v) is 6.90. The highest BCUT2D eigenvalue weighted by Crippen LogP contribution is 2.11. The molecule has 0 aliphatic carbocycles. The average Bonchev–Trinajstić information content (AvgIpc) is 2.41. The van der Waals surface area contributed by atoms with Gasteiger partial charge in [0.15, 0.2) is 0 Å². The molecule has 1 heteroatoms. The molecule has 1 nitrogen and oxygen atoms in total. The van der Waals surface area contributed by atoms with Crippen molar-refractivity contribution in [3.05, 3.63) is 6.42 Å². The molecule has 1 aliphatic heterocycles. The minimum atomic E-state index is 0.812. The highest BCUT2D eigenvalue weighted by molar-refractivity contribution is 4.86. The molecule has 0 amide bonds. The summed E-state index contributed by atoms with van der Waals surface area (Å²) in [5.41, 5.74) is 0. The van der Waals surface area contributed by atoms with E-state index in [1.807, 2.05) is 0 Å². The third-order valence-electron chi connectivity index (χ3n) is 2.16. The molecule has 0 aromatic carbocycles. The molecular formula is C9H18N. The maximum atomic E-state index is 3.46. The van der Waals surface area contributed by atoms with Crippen LogP contribution in [0.15, 0.2) is 0 Å². The third-order valence-corrected chi connectivity index (χ3v) is 2.16. The smallest absolute Gasteiger partial charge is 0.00704 e. The Hall–Kier alpha value is -0.0400. The maximum Gasteiger partial charge on any atom is 0.00704 e. The van der Waals surface area contributed by atoms with Crippen LogP contribution in [0.1, 0.15) is 39.0 Å². The second-order valence-electron chi connectivity index (χ2n) is 3.13. The van der Waals surface area contributed by atoms with Gasteiger partial charge in [-0.05, 0) is 25.8 Å². The van der Waals surface area contributed by atoms with Gasteiger partial charge < -0.3 is 5.32 Å². The molecule has 0 bridgehead atoms. The van der Waals surface area contributed by atoms with Gasteiger partial charge in [0.05, 0.1) is 0 Å². The first-order chi connectivity index (χ1) is 4.93. The van der Waals surface area contributed by atoms with Gasteiger partial charge in [0, 0.05) is 6.04 Å². The molecule has 1 rings (SSSR count). The van der Waals surface area contributed by atoms with Gasteiger partial charge in [-0.2, -0.15) is 0 Å². The van der Waals surface area contributed by atoms with Gasteiger partial charge in [-0.1, -0.05) is 26.2 Å². The van der Waals surface area contributed by atoms with Crippen LogP contribution in [-0.2, 0) is 0 Å². The first kappa shape index (κ1) is 8.06. The van der Waals surface area contributed by atoms with Crippen LogP contribution >= 0.6 is 0 Å². The van der Waals surface area contributed by atoms with Crippen molar-refractivity contribution in [1.82, 2.24) is 5.32 Å². The third kappa shape index (κ3) is 2.70. The summed E-state index contributed by atoms with van der Waals surface area (Å²) in [6.07, 6.45) is 9.17. The highest BCUT2D eigenvalue weighted by Gasteiger charge is 2.12. The van der Waals surface area contributed by atoms with E-state index >= 15 is 0 Å². The molecule has 1 N–H and O–H groups in total. The van der Waals surface area contributed by atoms with Crippen molar-refractivity contribution in [2.45, 2.75) is 45.1 Å². The maximum absolute atomic E-state index is 3.46. The zero-order valence-electron chi connectivity index (χ0n) is 6.90. The Labute approximate surface area is 64.2 Å². The average molecular weight is 140 g/mol. The van der Waals surface area contributed by atoms with Crippen molar-refractivity contribution in [1.29, 1.82) is 0 Å². The van der Waals surface area contributed by atoms with Crippen LogP contribution in [-0.4, -0.2) is 12.6 Å². The van der Waals surface area contributed by atoms with Crippen LogP contribution in [0.3, 0.4) is 0 Å². The monoisotopic (exact) mass is 140 g/mol. The normalized spacial score (nSPS) is 25.5. The van der Waals surface area contributed by atoms with Crippen molar-refractivity contribution in [3.8, 4) is 0 Å². The van der Waals surface area contributed by atoms with Gasteiger partial charge in [-0.25, -0.2) is 0 Å². The Bertz CT molecular complexity index is 74.8. The molecular weight excluding hydrogens is 122 g/mol. The lowest BCUT2D eigenvalue weighted by atomic mass is 10.1. The molecule has 1 fully saturated rings. The number of hydrogen-bond donors (Lipinski definition) is 1. The van der Waals surface area contributed by atoms with Gasteiger partial charge in [-0.3, -0.25) is 0 Å². The Balaban J connectivity index is 1.91. The summed E-state index contributed by atoms with van der Waals surface area (Å²) >= 11 is 0. The minimum Gasteiger partial charge on any atom is -0.314 e.